The number of fused-ring (bicyclic) bond motifs is 3. The molecule has 0 fully saturated rings. The number of amides is 1. The van der Waals surface area contributed by atoms with Crippen LogP contribution >= 0.6 is 0 Å². The highest BCUT2D eigenvalue weighted by molar-refractivity contribution is 6.14. The van der Waals surface area contributed by atoms with E-state index in [2.05, 4.69) is 10.3 Å². The summed E-state index contributed by atoms with van der Waals surface area (Å²) >= 11 is 0. The fourth-order valence-electron chi connectivity index (χ4n) is 3.93. The number of nitrogens with zero attached hydrogens (tertiary/aromatic N) is 1. The van der Waals surface area contributed by atoms with E-state index in [-0.39, 0.29) is 6.54 Å². The van der Waals surface area contributed by atoms with Crippen LogP contribution in [0.25, 0.3) is 33.8 Å². The molecule has 0 atom stereocenters. The summed E-state index contributed by atoms with van der Waals surface area (Å²) in [5.41, 5.74) is 2.09. The summed E-state index contributed by atoms with van der Waals surface area (Å²) in [6, 6.07) is 15.9. The molecule has 4 aromatic rings. The molecule has 7 heteroatoms. The van der Waals surface area contributed by atoms with E-state index in [0.717, 1.165) is 22.0 Å². The number of alkyl carbamates (subject to hydrolysis) is 1. The molecule has 192 valence electrons. The topological polar surface area (TPSA) is 93.3 Å². The fourth-order valence-corrected chi connectivity index (χ4v) is 3.93. The van der Waals surface area contributed by atoms with Crippen molar-refractivity contribution in [3.05, 3.63) is 77.2 Å². The second-order valence-corrected chi connectivity index (χ2v) is 10.9. The molecule has 1 amide bonds. The van der Waals surface area contributed by atoms with E-state index < -0.39 is 23.3 Å². The second-order valence-electron chi connectivity index (χ2n) is 10.9. The summed E-state index contributed by atoms with van der Waals surface area (Å²) in [5, 5.41) is 5.23. The number of esters is 1. The van der Waals surface area contributed by atoms with Crippen molar-refractivity contribution in [3.63, 3.8) is 0 Å². The van der Waals surface area contributed by atoms with E-state index >= 15 is 0 Å². The first-order valence-electron chi connectivity index (χ1n) is 12.3. The molecule has 0 bridgehead atoms. The summed E-state index contributed by atoms with van der Waals surface area (Å²) in [7, 11) is 0. The smallest absolute Gasteiger partial charge is 0.407 e. The van der Waals surface area contributed by atoms with Gasteiger partial charge in [0.2, 0.25) is 0 Å². The van der Waals surface area contributed by atoms with Crippen molar-refractivity contribution < 1.29 is 19.1 Å². The Kier molecular flexibility index (Phi) is 7.07. The summed E-state index contributed by atoms with van der Waals surface area (Å²) in [5.74, 6) is -0.484. The Bertz CT molecular complexity index is 1470. The molecule has 2 aromatic heterocycles. The van der Waals surface area contributed by atoms with E-state index in [0.29, 0.717) is 22.2 Å². The van der Waals surface area contributed by atoms with Crippen LogP contribution in [-0.2, 0) is 16.0 Å². The molecule has 0 aliphatic heterocycles. The molecule has 4 rings (SSSR count). The first-order chi connectivity index (χ1) is 17.4. The number of pyridine rings is 1. The maximum absolute atomic E-state index is 13.3. The summed E-state index contributed by atoms with van der Waals surface area (Å²) in [6.45, 7) is 10.9. The minimum atomic E-state index is -0.683. The van der Waals surface area contributed by atoms with Gasteiger partial charge in [-0.1, -0.05) is 48.5 Å². The van der Waals surface area contributed by atoms with Crippen molar-refractivity contribution in [3.8, 4) is 0 Å². The number of ether oxygens (including phenoxy) is 2. The first kappa shape index (κ1) is 25.9. The van der Waals surface area contributed by atoms with Crippen LogP contribution in [0.3, 0.4) is 0 Å². The molecule has 2 heterocycles. The zero-order valence-electron chi connectivity index (χ0n) is 22.1. The lowest BCUT2D eigenvalue weighted by molar-refractivity contribution is 0.00695. The van der Waals surface area contributed by atoms with Crippen molar-refractivity contribution in [2.75, 3.05) is 0 Å². The largest absolute Gasteiger partial charge is 0.456 e. The number of carbonyl (C=O) groups excluding carboxylic acids is 2. The van der Waals surface area contributed by atoms with E-state index in [9.17, 15) is 9.59 Å². The number of nitrogens with one attached hydrogen (secondary N) is 2. The Labute approximate surface area is 216 Å². The van der Waals surface area contributed by atoms with Crippen LogP contribution in [0.5, 0.6) is 0 Å². The van der Waals surface area contributed by atoms with Crippen molar-refractivity contribution in [1.82, 2.24) is 15.3 Å². The molecule has 0 radical (unpaired) electrons. The van der Waals surface area contributed by atoms with Gasteiger partial charge < -0.3 is 19.8 Å². The van der Waals surface area contributed by atoms with Gasteiger partial charge in [-0.3, -0.25) is 0 Å². The molecular formula is C30H33N3O4. The average Bonchev–Trinajstić information content (AvgIpc) is 3.19. The van der Waals surface area contributed by atoms with Crippen LogP contribution in [0.15, 0.2) is 54.7 Å². The minimum Gasteiger partial charge on any atom is -0.456 e. The highest BCUT2D eigenvalue weighted by Gasteiger charge is 2.26. The zero-order valence-corrected chi connectivity index (χ0v) is 22.1. The van der Waals surface area contributed by atoms with E-state index in [4.69, 9.17) is 14.5 Å². The number of aromatic nitrogens is 2. The number of H-pyrrole nitrogens is 1. The number of hydrogen-bond acceptors (Lipinski definition) is 5. The SMILES string of the molecule is CC(C)(C)OC(=O)NCc1nc2c(ccc3c[nH]c(/C=C/c4ccccc4)cc32)c1C(=O)OC(C)(C)C. The number of hydrogen-bond donors (Lipinski definition) is 2. The third-order valence-electron chi connectivity index (χ3n) is 5.41. The lowest BCUT2D eigenvalue weighted by Crippen LogP contribution is -2.32. The second kappa shape index (κ2) is 10.1. The fraction of sp³-hybridized carbons (Fsp3) is 0.300. The minimum absolute atomic E-state index is 0.0272. The van der Waals surface area contributed by atoms with Gasteiger partial charge in [-0.15, -0.1) is 0 Å². The number of carbonyl (C=O) groups is 2. The van der Waals surface area contributed by atoms with Gasteiger partial charge in [0.05, 0.1) is 23.3 Å². The van der Waals surface area contributed by atoms with Gasteiger partial charge in [0.25, 0.3) is 0 Å². The van der Waals surface area contributed by atoms with Crippen LogP contribution < -0.4 is 5.32 Å². The van der Waals surface area contributed by atoms with Crippen LogP contribution in [-0.4, -0.2) is 33.2 Å². The quantitative estimate of drug-likeness (QED) is 0.292. The van der Waals surface area contributed by atoms with Gasteiger partial charge >= 0.3 is 12.1 Å². The highest BCUT2D eigenvalue weighted by Crippen LogP contribution is 2.31. The van der Waals surface area contributed by atoms with E-state index in [1.807, 2.05) is 87.7 Å². The molecule has 0 aliphatic rings. The predicted octanol–water partition coefficient (Wildman–Crippen LogP) is 6.87. The van der Waals surface area contributed by atoms with Crippen LogP contribution in [0, 0.1) is 0 Å². The lowest BCUT2D eigenvalue weighted by Gasteiger charge is -2.20. The Hall–Kier alpha value is -4.13. The number of rotatable bonds is 5. The monoisotopic (exact) mass is 499 g/mol. The Balaban J connectivity index is 1.77. The average molecular weight is 500 g/mol. The molecule has 0 saturated carbocycles. The standard InChI is InChI=1S/C30H33N3O4/c1-29(2,3)36-27(34)25-22-15-13-20-17-31-21(14-12-19-10-8-7-9-11-19)16-23(20)26(22)33-24(25)18-32-28(35)37-30(4,5)6/h7-17,31H,18H2,1-6H3,(H,32,35)/b14-12+. The van der Waals surface area contributed by atoms with Crippen molar-refractivity contribution in [2.45, 2.75) is 59.3 Å². The van der Waals surface area contributed by atoms with E-state index in [1.54, 1.807) is 20.8 Å². The van der Waals surface area contributed by atoms with Crippen molar-refractivity contribution >= 4 is 45.9 Å². The van der Waals surface area contributed by atoms with Gasteiger partial charge in [-0.2, -0.15) is 0 Å². The zero-order chi connectivity index (χ0) is 26.8. The molecular weight excluding hydrogens is 466 g/mol. The molecule has 0 saturated heterocycles. The maximum atomic E-state index is 13.3. The predicted molar refractivity (Wildman–Crippen MR) is 147 cm³/mol. The third kappa shape index (κ3) is 6.55. The molecule has 2 aromatic carbocycles. The Morgan fingerprint density at radius 3 is 2.30 bits per heavy atom. The molecule has 0 unspecified atom stereocenters. The van der Waals surface area contributed by atoms with Crippen LogP contribution in [0.2, 0.25) is 0 Å². The van der Waals surface area contributed by atoms with Gasteiger partial charge in [0, 0.05) is 22.7 Å². The summed E-state index contributed by atoms with van der Waals surface area (Å²) in [4.78, 5) is 33.7. The highest BCUT2D eigenvalue weighted by atomic mass is 16.6. The summed E-state index contributed by atoms with van der Waals surface area (Å²) in [6.07, 6.45) is 5.36. The Morgan fingerprint density at radius 2 is 1.62 bits per heavy atom. The summed E-state index contributed by atoms with van der Waals surface area (Å²) < 4.78 is 11.1. The van der Waals surface area contributed by atoms with Crippen molar-refractivity contribution in [1.29, 1.82) is 0 Å². The maximum Gasteiger partial charge on any atom is 0.407 e. The normalized spacial score (nSPS) is 12.3. The van der Waals surface area contributed by atoms with Crippen molar-refractivity contribution in [2.24, 2.45) is 0 Å². The van der Waals surface area contributed by atoms with E-state index in [1.165, 1.54) is 0 Å². The Morgan fingerprint density at radius 1 is 0.919 bits per heavy atom. The molecule has 0 spiro atoms. The van der Waals surface area contributed by atoms with Gasteiger partial charge in [-0.05, 0) is 64.6 Å². The van der Waals surface area contributed by atoms with Crippen LogP contribution in [0.4, 0.5) is 4.79 Å². The number of aromatic amines is 1. The number of benzene rings is 2. The van der Waals surface area contributed by atoms with Crippen LogP contribution in [0.1, 0.15) is 68.9 Å². The molecule has 2 N–H and O–H groups in total. The lowest BCUT2D eigenvalue weighted by atomic mass is 10.0. The molecule has 0 aliphatic carbocycles. The van der Waals surface area contributed by atoms with Gasteiger partial charge in [0.1, 0.15) is 11.2 Å². The first-order valence-corrected chi connectivity index (χ1v) is 12.3. The van der Waals surface area contributed by atoms with Gasteiger partial charge in [-0.25, -0.2) is 14.6 Å². The molecule has 37 heavy (non-hydrogen) atoms. The third-order valence-corrected chi connectivity index (χ3v) is 5.41. The molecule has 7 nitrogen and oxygen atoms in total. The van der Waals surface area contributed by atoms with Gasteiger partial charge in [0.15, 0.2) is 0 Å².